The summed E-state index contributed by atoms with van der Waals surface area (Å²) in [5.74, 6) is -0.573. The van der Waals surface area contributed by atoms with Gasteiger partial charge in [0, 0.05) is 12.0 Å². The second kappa shape index (κ2) is 8.44. The summed E-state index contributed by atoms with van der Waals surface area (Å²) in [7, 11) is 1.64. The molecule has 6 heteroatoms. The Morgan fingerprint density at radius 2 is 1.70 bits per heavy atom. The molecule has 0 bridgehead atoms. The monoisotopic (exact) mass is 386 g/mol. The summed E-state index contributed by atoms with van der Waals surface area (Å²) in [5.41, 5.74) is 1.43. The highest BCUT2D eigenvalue weighted by Crippen LogP contribution is 2.41. The van der Waals surface area contributed by atoms with E-state index in [1.165, 1.54) is 0 Å². The van der Waals surface area contributed by atoms with Gasteiger partial charge in [0.1, 0.15) is 5.75 Å². The third-order valence-electron chi connectivity index (χ3n) is 5.18. The number of amides is 2. The lowest BCUT2D eigenvalue weighted by Crippen LogP contribution is -2.43. The second-order valence-electron chi connectivity index (χ2n) is 6.83. The van der Waals surface area contributed by atoms with E-state index in [9.17, 15) is 9.59 Å². The molecule has 2 amide bonds. The SMILES string of the molecule is COc1ccc(C2(CNC(=O)C(=O)Nc3ccccc3Cl)CCCC2)cc1. The van der Waals surface area contributed by atoms with Crippen LogP contribution >= 0.6 is 11.6 Å². The zero-order valence-electron chi connectivity index (χ0n) is 15.3. The number of benzene rings is 2. The molecule has 27 heavy (non-hydrogen) atoms. The molecule has 0 aliphatic heterocycles. The number of rotatable bonds is 5. The molecule has 1 fully saturated rings. The van der Waals surface area contributed by atoms with E-state index in [1.54, 1.807) is 31.4 Å². The standard InChI is InChI=1S/C21H23ClN2O3/c1-27-16-10-8-15(9-11-16)21(12-4-5-13-21)14-23-19(25)20(26)24-18-7-3-2-6-17(18)22/h2-3,6-11H,4-5,12-14H2,1H3,(H,23,25)(H,24,26). The first kappa shape index (κ1) is 19.2. The predicted octanol–water partition coefficient (Wildman–Crippen LogP) is 3.92. The highest BCUT2D eigenvalue weighted by molar-refractivity contribution is 6.41. The Kier molecular flexibility index (Phi) is 6.01. The van der Waals surface area contributed by atoms with Crippen LogP contribution in [0.4, 0.5) is 5.69 Å². The maximum Gasteiger partial charge on any atom is 0.313 e. The van der Waals surface area contributed by atoms with Gasteiger partial charge in [-0.1, -0.05) is 48.7 Å². The molecule has 1 aliphatic rings. The van der Waals surface area contributed by atoms with Crippen molar-refractivity contribution in [2.75, 3.05) is 19.0 Å². The van der Waals surface area contributed by atoms with Gasteiger partial charge in [0.05, 0.1) is 17.8 Å². The topological polar surface area (TPSA) is 67.4 Å². The van der Waals surface area contributed by atoms with E-state index in [1.807, 2.05) is 24.3 Å². The highest BCUT2D eigenvalue weighted by Gasteiger charge is 2.36. The summed E-state index contributed by atoms with van der Waals surface area (Å²) in [6.45, 7) is 0.425. The number of carbonyl (C=O) groups is 2. The van der Waals surface area contributed by atoms with Crippen LogP contribution in [0.25, 0.3) is 0 Å². The molecular formula is C21H23ClN2O3. The lowest BCUT2D eigenvalue weighted by Gasteiger charge is -2.30. The second-order valence-corrected chi connectivity index (χ2v) is 7.24. The summed E-state index contributed by atoms with van der Waals surface area (Å²) < 4.78 is 5.23. The van der Waals surface area contributed by atoms with E-state index in [2.05, 4.69) is 10.6 Å². The van der Waals surface area contributed by atoms with Gasteiger partial charge < -0.3 is 15.4 Å². The van der Waals surface area contributed by atoms with E-state index in [-0.39, 0.29) is 5.41 Å². The van der Waals surface area contributed by atoms with Crippen LogP contribution in [0.15, 0.2) is 48.5 Å². The fraction of sp³-hybridized carbons (Fsp3) is 0.333. The summed E-state index contributed by atoms with van der Waals surface area (Å²) in [4.78, 5) is 24.5. The molecule has 0 spiro atoms. The van der Waals surface area contributed by atoms with Crippen LogP contribution in [-0.4, -0.2) is 25.5 Å². The first-order valence-electron chi connectivity index (χ1n) is 9.02. The first-order chi connectivity index (χ1) is 13.0. The minimum atomic E-state index is -0.717. The number of hydrogen-bond donors (Lipinski definition) is 2. The van der Waals surface area contributed by atoms with Gasteiger partial charge in [0.15, 0.2) is 0 Å². The summed E-state index contributed by atoms with van der Waals surface area (Å²) in [6.07, 6.45) is 4.17. The zero-order chi connectivity index (χ0) is 19.3. The van der Waals surface area contributed by atoms with Crippen LogP contribution in [0, 0.1) is 0 Å². The first-order valence-corrected chi connectivity index (χ1v) is 9.40. The molecule has 0 atom stereocenters. The van der Waals surface area contributed by atoms with E-state index in [0.717, 1.165) is 37.0 Å². The van der Waals surface area contributed by atoms with Gasteiger partial charge in [0.25, 0.3) is 0 Å². The number of anilines is 1. The number of hydrogen-bond acceptors (Lipinski definition) is 3. The van der Waals surface area contributed by atoms with Crippen molar-refractivity contribution in [2.45, 2.75) is 31.1 Å². The average molecular weight is 387 g/mol. The quantitative estimate of drug-likeness (QED) is 0.765. The molecule has 1 aliphatic carbocycles. The van der Waals surface area contributed by atoms with E-state index in [4.69, 9.17) is 16.3 Å². The van der Waals surface area contributed by atoms with Crippen molar-refractivity contribution in [3.05, 3.63) is 59.1 Å². The maximum atomic E-state index is 12.3. The molecule has 2 aromatic rings. The fourth-order valence-corrected chi connectivity index (χ4v) is 3.82. The minimum Gasteiger partial charge on any atom is -0.497 e. The number of carbonyl (C=O) groups excluding carboxylic acids is 2. The lowest BCUT2D eigenvalue weighted by molar-refractivity contribution is -0.136. The summed E-state index contributed by atoms with van der Waals surface area (Å²) in [5, 5.41) is 5.75. The summed E-state index contributed by atoms with van der Waals surface area (Å²) in [6, 6.07) is 14.8. The van der Waals surface area contributed by atoms with Crippen LogP contribution in [0.2, 0.25) is 5.02 Å². The third kappa shape index (κ3) is 4.42. The minimum absolute atomic E-state index is 0.146. The molecule has 0 aromatic heterocycles. The number of halogens is 1. The maximum absolute atomic E-state index is 12.3. The Hall–Kier alpha value is -2.53. The van der Waals surface area contributed by atoms with Crippen molar-refractivity contribution in [3.8, 4) is 5.75 Å². The van der Waals surface area contributed by atoms with Gasteiger partial charge in [-0.05, 0) is 42.7 Å². The summed E-state index contributed by atoms with van der Waals surface area (Å²) >= 11 is 6.02. The van der Waals surface area contributed by atoms with Crippen molar-refractivity contribution in [2.24, 2.45) is 0 Å². The van der Waals surface area contributed by atoms with Gasteiger partial charge in [0.2, 0.25) is 0 Å². The van der Waals surface area contributed by atoms with Crippen LogP contribution in [0.1, 0.15) is 31.2 Å². The molecule has 3 rings (SSSR count). The zero-order valence-corrected chi connectivity index (χ0v) is 16.0. The predicted molar refractivity (Wildman–Crippen MR) is 106 cm³/mol. The number of ether oxygens (including phenoxy) is 1. The molecule has 5 nitrogen and oxygen atoms in total. The Morgan fingerprint density at radius 1 is 1.04 bits per heavy atom. The normalized spacial score (nSPS) is 15.2. The third-order valence-corrected chi connectivity index (χ3v) is 5.51. The van der Waals surface area contributed by atoms with Crippen LogP contribution < -0.4 is 15.4 Å². The van der Waals surface area contributed by atoms with Crippen molar-refractivity contribution < 1.29 is 14.3 Å². The molecule has 0 saturated heterocycles. The number of nitrogens with one attached hydrogen (secondary N) is 2. The highest BCUT2D eigenvalue weighted by atomic mass is 35.5. The Morgan fingerprint density at radius 3 is 2.33 bits per heavy atom. The van der Waals surface area contributed by atoms with Crippen LogP contribution in [-0.2, 0) is 15.0 Å². The van der Waals surface area contributed by atoms with Gasteiger partial charge in [-0.3, -0.25) is 9.59 Å². The molecule has 2 aromatic carbocycles. The largest absolute Gasteiger partial charge is 0.497 e. The smallest absolute Gasteiger partial charge is 0.313 e. The van der Waals surface area contributed by atoms with Crippen molar-refractivity contribution in [3.63, 3.8) is 0 Å². The van der Waals surface area contributed by atoms with E-state index in [0.29, 0.717) is 17.3 Å². The van der Waals surface area contributed by atoms with E-state index < -0.39 is 11.8 Å². The van der Waals surface area contributed by atoms with Crippen molar-refractivity contribution in [1.29, 1.82) is 0 Å². The van der Waals surface area contributed by atoms with Crippen molar-refractivity contribution in [1.82, 2.24) is 5.32 Å². The lowest BCUT2D eigenvalue weighted by atomic mass is 9.78. The molecule has 142 valence electrons. The number of para-hydroxylation sites is 1. The Balaban J connectivity index is 1.66. The van der Waals surface area contributed by atoms with Gasteiger partial charge in [-0.15, -0.1) is 0 Å². The fourth-order valence-electron chi connectivity index (χ4n) is 3.64. The van der Waals surface area contributed by atoms with Gasteiger partial charge in [-0.2, -0.15) is 0 Å². The average Bonchev–Trinajstić information content (AvgIpc) is 3.18. The molecule has 0 unspecified atom stereocenters. The molecule has 1 saturated carbocycles. The van der Waals surface area contributed by atoms with Crippen LogP contribution in [0.3, 0.4) is 0 Å². The molecule has 0 radical (unpaired) electrons. The van der Waals surface area contributed by atoms with Crippen molar-refractivity contribution >= 4 is 29.1 Å². The molecule has 2 N–H and O–H groups in total. The molecule has 0 heterocycles. The van der Waals surface area contributed by atoms with Crippen LogP contribution in [0.5, 0.6) is 5.75 Å². The van der Waals surface area contributed by atoms with Gasteiger partial charge in [-0.25, -0.2) is 0 Å². The Labute approximate surface area is 164 Å². The number of methoxy groups -OCH3 is 1. The Bertz CT molecular complexity index is 814. The molecular weight excluding hydrogens is 364 g/mol. The van der Waals surface area contributed by atoms with Gasteiger partial charge >= 0.3 is 11.8 Å². The van der Waals surface area contributed by atoms with E-state index >= 15 is 0 Å².